The number of carbonyl (C=O) groups is 2. The zero-order valence-corrected chi connectivity index (χ0v) is 18.2. The third-order valence-corrected chi connectivity index (χ3v) is 8.73. The number of piperazine rings is 1. The fourth-order valence-corrected chi connectivity index (χ4v) is 6.98. The summed E-state index contributed by atoms with van der Waals surface area (Å²) in [7, 11) is -3.53. The quantitative estimate of drug-likeness (QED) is 0.596. The number of nitrogens with zero attached hydrogens (tertiary/aromatic N) is 4. The molecule has 29 heavy (non-hydrogen) atoms. The van der Waals surface area contributed by atoms with E-state index in [-0.39, 0.29) is 30.7 Å². The molecule has 2 unspecified atom stereocenters. The van der Waals surface area contributed by atoms with Gasteiger partial charge in [0.15, 0.2) is 0 Å². The predicted molar refractivity (Wildman–Crippen MR) is 106 cm³/mol. The second-order valence-electron chi connectivity index (χ2n) is 9.03. The van der Waals surface area contributed by atoms with Crippen LogP contribution in [0.2, 0.25) is 0 Å². The molecule has 1 aliphatic carbocycles. The lowest BCUT2D eigenvalue weighted by atomic mass is 9.85. The van der Waals surface area contributed by atoms with Gasteiger partial charge >= 0.3 is 0 Å². The smallest absolute Gasteiger partial charge is 0.282 e. The van der Waals surface area contributed by atoms with Gasteiger partial charge in [0.1, 0.15) is 0 Å². The van der Waals surface area contributed by atoms with E-state index >= 15 is 0 Å². The van der Waals surface area contributed by atoms with Crippen LogP contribution in [0.15, 0.2) is 0 Å². The summed E-state index contributed by atoms with van der Waals surface area (Å²) < 4.78 is 34.7. The first kappa shape index (κ1) is 21.2. The Labute approximate surface area is 173 Å². The molecular formula is C19H32N4O5S. The second kappa shape index (κ2) is 7.88. The van der Waals surface area contributed by atoms with Crippen LogP contribution in [0.25, 0.3) is 0 Å². The molecular weight excluding hydrogens is 396 g/mol. The predicted octanol–water partition coefficient (Wildman–Crippen LogP) is 0.235. The van der Waals surface area contributed by atoms with Crippen molar-refractivity contribution >= 4 is 22.0 Å². The highest BCUT2D eigenvalue weighted by molar-refractivity contribution is 7.86. The Morgan fingerprint density at radius 2 is 1.55 bits per heavy atom. The minimum Gasteiger partial charge on any atom is -0.373 e. The molecule has 1 spiro atoms. The molecule has 3 heterocycles. The maximum Gasteiger partial charge on any atom is 0.282 e. The molecule has 2 atom stereocenters. The maximum absolute atomic E-state index is 13.0. The summed E-state index contributed by atoms with van der Waals surface area (Å²) in [6.07, 6.45) is 3.76. The van der Waals surface area contributed by atoms with Crippen LogP contribution in [-0.4, -0.2) is 96.8 Å². The largest absolute Gasteiger partial charge is 0.373 e. The molecule has 0 aromatic heterocycles. The van der Waals surface area contributed by atoms with Crippen molar-refractivity contribution in [2.75, 3.05) is 45.9 Å². The Morgan fingerprint density at radius 1 is 0.966 bits per heavy atom. The van der Waals surface area contributed by atoms with Crippen LogP contribution in [0.3, 0.4) is 0 Å². The van der Waals surface area contributed by atoms with Crippen molar-refractivity contribution in [1.29, 1.82) is 0 Å². The Morgan fingerprint density at radius 3 is 2.14 bits per heavy atom. The molecule has 2 amide bonds. The molecule has 4 fully saturated rings. The Kier molecular flexibility index (Phi) is 5.75. The number of hydrogen-bond acceptors (Lipinski definition) is 6. The van der Waals surface area contributed by atoms with E-state index in [9.17, 15) is 18.0 Å². The van der Waals surface area contributed by atoms with Crippen LogP contribution >= 0.6 is 0 Å². The van der Waals surface area contributed by atoms with E-state index in [1.54, 1.807) is 0 Å². The molecule has 0 bridgehead atoms. The molecule has 0 radical (unpaired) electrons. The van der Waals surface area contributed by atoms with Gasteiger partial charge in [0.2, 0.25) is 11.8 Å². The van der Waals surface area contributed by atoms with Gasteiger partial charge in [0.25, 0.3) is 10.2 Å². The lowest BCUT2D eigenvalue weighted by Gasteiger charge is -2.40. The third kappa shape index (κ3) is 3.97. The van der Waals surface area contributed by atoms with Gasteiger partial charge < -0.3 is 4.74 Å². The molecule has 4 rings (SSSR count). The fourth-order valence-electron chi connectivity index (χ4n) is 5.23. The van der Waals surface area contributed by atoms with Gasteiger partial charge in [-0.1, -0.05) is 12.8 Å². The average molecular weight is 429 g/mol. The highest BCUT2D eigenvalue weighted by atomic mass is 32.2. The first-order valence-electron chi connectivity index (χ1n) is 10.7. The third-order valence-electron chi connectivity index (χ3n) is 6.76. The minimum atomic E-state index is -3.53. The van der Waals surface area contributed by atoms with Crippen LogP contribution in [0.4, 0.5) is 0 Å². The Bertz CT molecular complexity index is 749. The van der Waals surface area contributed by atoms with E-state index in [4.69, 9.17) is 4.74 Å². The summed E-state index contributed by atoms with van der Waals surface area (Å²) in [6, 6.07) is 0. The van der Waals surface area contributed by atoms with Gasteiger partial charge in [-0.15, -0.1) is 0 Å². The zero-order valence-electron chi connectivity index (χ0n) is 17.4. The van der Waals surface area contributed by atoms with Crippen LogP contribution in [0.1, 0.15) is 46.0 Å². The molecule has 3 aliphatic heterocycles. The number of morpholine rings is 1. The van der Waals surface area contributed by atoms with Crippen LogP contribution in [0, 0.1) is 5.41 Å². The van der Waals surface area contributed by atoms with E-state index in [0.717, 1.165) is 25.7 Å². The fraction of sp³-hybridized carbons (Fsp3) is 0.895. The molecule has 0 aromatic rings. The number of rotatable bonds is 4. The maximum atomic E-state index is 13.0. The van der Waals surface area contributed by atoms with Gasteiger partial charge in [-0.3, -0.25) is 19.4 Å². The van der Waals surface area contributed by atoms with E-state index in [1.165, 1.54) is 13.5 Å². The Balaban J connectivity index is 1.34. The molecule has 3 saturated heterocycles. The SMILES string of the molecule is CC1CN(S(=O)(=O)N2CCN(CN3C(=O)CC4(CCCC4)C3=O)CC2)CC(C)O1. The van der Waals surface area contributed by atoms with Gasteiger partial charge in [-0.2, -0.15) is 17.0 Å². The topological polar surface area (TPSA) is 90.5 Å². The van der Waals surface area contributed by atoms with Crippen molar-refractivity contribution in [3.8, 4) is 0 Å². The summed E-state index contributed by atoms with van der Waals surface area (Å²) in [5.41, 5.74) is -0.452. The summed E-state index contributed by atoms with van der Waals surface area (Å²) >= 11 is 0. The second-order valence-corrected chi connectivity index (χ2v) is 11.0. The van der Waals surface area contributed by atoms with E-state index in [2.05, 4.69) is 0 Å². The highest BCUT2D eigenvalue weighted by Gasteiger charge is 2.52. The van der Waals surface area contributed by atoms with Crippen molar-refractivity contribution < 1.29 is 22.7 Å². The van der Waals surface area contributed by atoms with Gasteiger partial charge in [0, 0.05) is 45.7 Å². The number of imide groups is 1. The molecule has 0 aromatic carbocycles. The summed E-state index contributed by atoms with van der Waals surface area (Å²) in [4.78, 5) is 28.7. The summed E-state index contributed by atoms with van der Waals surface area (Å²) in [5.74, 6) is -0.102. The molecule has 1 saturated carbocycles. The summed E-state index contributed by atoms with van der Waals surface area (Å²) in [6.45, 7) is 6.54. The van der Waals surface area contributed by atoms with Crippen molar-refractivity contribution in [3.63, 3.8) is 0 Å². The number of likely N-dealkylation sites (tertiary alicyclic amines) is 1. The van der Waals surface area contributed by atoms with Crippen LogP contribution in [-0.2, 0) is 24.5 Å². The van der Waals surface area contributed by atoms with E-state index < -0.39 is 15.6 Å². The number of amides is 2. The normalized spacial score (nSPS) is 32.6. The molecule has 164 valence electrons. The lowest BCUT2D eigenvalue weighted by Crippen LogP contribution is -2.58. The number of ether oxygens (including phenoxy) is 1. The van der Waals surface area contributed by atoms with E-state index in [1.807, 2.05) is 18.7 Å². The summed E-state index contributed by atoms with van der Waals surface area (Å²) in [5, 5.41) is 0. The first-order valence-corrected chi connectivity index (χ1v) is 12.1. The van der Waals surface area contributed by atoms with Crippen molar-refractivity contribution in [1.82, 2.24) is 18.4 Å². The molecule has 4 aliphatic rings. The van der Waals surface area contributed by atoms with Crippen molar-refractivity contribution in [3.05, 3.63) is 0 Å². The highest BCUT2D eigenvalue weighted by Crippen LogP contribution is 2.46. The molecule has 9 nitrogen and oxygen atoms in total. The molecule has 0 N–H and O–H groups in total. The standard InChI is InChI=1S/C19H32N4O5S/c1-15-12-22(13-16(2)28-15)29(26,27)21-9-7-20(8-10-21)14-23-17(24)11-19(18(23)25)5-3-4-6-19/h15-16H,3-14H2,1-2H3. The monoisotopic (exact) mass is 428 g/mol. The minimum absolute atomic E-state index is 0.0219. The molecule has 10 heteroatoms. The number of hydrogen-bond donors (Lipinski definition) is 0. The van der Waals surface area contributed by atoms with Gasteiger partial charge in [-0.05, 0) is 26.7 Å². The Hall–Kier alpha value is -1.07. The van der Waals surface area contributed by atoms with Crippen LogP contribution in [0.5, 0.6) is 0 Å². The lowest BCUT2D eigenvalue weighted by molar-refractivity contribution is -0.144. The van der Waals surface area contributed by atoms with E-state index in [0.29, 0.717) is 45.7 Å². The first-order chi connectivity index (χ1) is 13.7. The van der Waals surface area contributed by atoms with Crippen LogP contribution < -0.4 is 0 Å². The average Bonchev–Trinajstić information content (AvgIpc) is 3.22. The number of carbonyl (C=O) groups excluding carboxylic acids is 2. The van der Waals surface area contributed by atoms with Crippen molar-refractivity contribution in [2.24, 2.45) is 5.41 Å². The van der Waals surface area contributed by atoms with Crippen molar-refractivity contribution in [2.45, 2.75) is 58.2 Å². The van der Waals surface area contributed by atoms with Gasteiger partial charge in [-0.25, -0.2) is 0 Å². The zero-order chi connectivity index (χ0) is 20.8. The van der Waals surface area contributed by atoms with Gasteiger partial charge in [0.05, 0.1) is 24.3 Å².